The standard InChI is InChI=1S/C15H11BrClNO3/c1-9-6-10(2-5-14(19)20)8-18-15(9)21-13-4-3-11(16)7-12(13)17/h2-8H,1H3,(H,19,20)/b5-2+. The Kier molecular flexibility index (Phi) is 4.98. The maximum Gasteiger partial charge on any atom is 0.328 e. The van der Waals surface area contributed by atoms with E-state index in [1.54, 1.807) is 18.2 Å². The van der Waals surface area contributed by atoms with Gasteiger partial charge in [-0.15, -0.1) is 0 Å². The smallest absolute Gasteiger partial charge is 0.328 e. The molecular formula is C15H11BrClNO3. The normalized spacial score (nSPS) is 10.8. The number of carboxylic acid groups (broad SMARTS) is 1. The van der Waals surface area contributed by atoms with Crippen LogP contribution in [-0.4, -0.2) is 16.1 Å². The van der Waals surface area contributed by atoms with Gasteiger partial charge in [-0.3, -0.25) is 0 Å². The molecule has 2 rings (SSSR count). The summed E-state index contributed by atoms with van der Waals surface area (Å²) in [6.45, 7) is 1.83. The summed E-state index contributed by atoms with van der Waals surface area (Å²) in [5, 5.41) is 9.07. The molecule has 0 fully saturated rings. The van der Waals surface area contributed by atoms with Gasteiger partial charge >= 0.3 is 5.97 Å². The number of ether oxygens (including phenoxy) is 1. The first kappa shape index (κ1) is 15.5. The molecule has 6 heteroatoms. The third-order valence-corrected chi connectivity index (χ3v) is 3.36. The third kappa shape index (κ3) is 4.31. The van der Waals surface area contributed by atoms with Crippen molar-refractivity contribution >= 4 is 39.6 Å². The van der Waals surface area contributed by atoms with Crippen LogP contribution in [0.2, 0.25) is 5.02 Å². The van der Waals surface area contributed by atoms with Gasteiger partial charge in [-0.1, -0.05) is 27.5 Å². The Morgan fingerprint density at radius 2 is 2.19 bits per heavy atom. The summed E-state index contributed by atoms with van der Waals surface area (Å²) in [4.78, 5) is 14.7. The number of carbonyl (C=O) groups is 1. The van der Waals surface area contributed by atoms with Crippen LogP contribution in [0, 0.1) is 6.92 Å². The van der Waals surface area contributed by atoms with E-state index < -0.39 is 5.97 Å². The van der Waals surface area contributed by atoms with Gasteiger partial charge in [0.2, 0.25) is 5.88 Å². The molecule has 0 aliphatic heterocycles. The van der Waals surface area contributed by atoms with Gasteiger partial charge in [0.1, 0.15) is 5.75 Å². The minimum Gasteiger partial charge on any atom is -0.478 e. The van der Waals surface area contributed by atoms with Gasteiger partial charge in [-0.2, -0.15) is 0 Å². The number of rotatable bonds is 4. The van der Waals surface area contributed by atoms with Gasteiger partial charge < -0.3 is 9.84 Å². The van der Waals surface area contributed by atoms with Crippen molar-refractivity contribution in [1.82, 2.24) is 4.98 Å². The van der Waals surface area contributed by atoms with Crippen LogP contribution < -0.4 is 4.74 Å². The van der Waals surface area contributed by atoms with Crippen LogP contribution >= 0.6 is 27.5 Å². The number of benzene rings is 1. The molecule has 1 aromatic carbocycles. The molecule has 0 radical (unpaired) electrons. The van der Waals surface area contributed by atoms with E-state index in [1.165, 1.54) is 12.3 Å². The molecule has 0 bridgehead atoms. The molecule has 108 valence electrons. The van der Waals surface area contributed by atoms with E-state index in [2.05, 4.69) is 20.9 Å². The van der Waals surface area contributed by atoms with E-state index in [9.17, 15) is 4.79 Å². The molecule has 0 atom stereocenters. The average molecular weight is 369 g/mol. The summed E-state index contributed by atoms with van der Waals surface area (Å²) < 4.78 is 6.53. The fraction of sp³-hybridized carbons (Fsp3) is 0.0667. The van der Waals surface area contributed by atoms with Gasteiger partial charge in [-0.05, 0) is 42.8 Å². The molecule has 0 saturated heterocycles. The highest BCUT2D eigenvalue weighted by atomic mass is 79.9. The highest BCUT2D eigenvalue weighted by Gasteiger charge is 2.07. The predicted molar refractivity (Wildman–Crippen MR) is 84.9 cm³/mol. The minimum atomic E-state index is -1.00. The van der Waals surface area contributed by atoms with Gasteiger partial charge in [0, 0.05) is 22.3 Å². The summed E-state index contributed by atoms with van der Waals surface area (Å²) in [6, 6.07) is 7.08. The Hall–Kier alpha value is -1.85. The molecule has 1 N–H and O–H groups in total. The second-order valence-corrected chi connectivity index (χ2v) is 5.56. The van der Waals surface area contributed by atoms with Crippen molar-refractivity contribution in [1.29, 1.82) is 0 Å². The highest BCUT2D eigenvalue weighted by Crippen LogP contribution is 2.32. The summed E-state index contributed by atoms with van der Waals surface area (Å²) in [5.74, 6) is -0.0781. The summed E-state index contributed by atoms with van der Waals surface area (Å²) in [5.41, 5.74) is 1.46. The third-order valence-electron chi connectivity index (χ3n) is 2.57. The number of aryl methyl sites for hydroxylation is 1. The first-order chi connectivity index (χ1) is 9.95. The van der Waals surface area contributed by atoms with Crippen LogP contribution in [0.1, 0.15) is 11.1 Å². The van der Waals surface area contributed by atoms with E-state index >= 15 is 0 Å². The van der Waals surface area contributed by atoms with Crippen molar-refractivity contribution in [2.75, 3.05) is 0 Å². The fourth-order valence-corrected chi connectivity index (χ4v) is 2.32. The molecule has 0 unspecified atom stereocenters. The average Bonchev–Trinajstić information content (AvgIpc) is 2.42. The van der Waals surface area contributed by atoms with E-state index in [1.807, 2.05) is 13.0 Å². The minimum absolute atomic E-state index is 0.423. The molecule has 0 spiro atoms. The zero-order chi connectivity index (χ0) is 15.4. The van der Waals surface area contributed by atoms with Gasteiger partial charge in [0.25, 0.3) is 0 Å². The van der Waals surface area contributed by atoms with Crippen LogP contribution in [0.15, 0.2) is 41.0 Å². The van der Waals surface area contributed by atoms with Gasteiger partial charge in [-0.25, -0.2) is 9.78 Å². The molecule has 1 aromatic heterocycles. The molecule has 2 aromatic rings. The van der Waals surface area contributed by atoms with Crippen LogP contribution in [0.25, 0.3) is 6.08 Å². The molecule has 0 aliphatic carbocycles. The molecule has 0 saturated carbocycles. The largest absolute Gasteiger partial charge is 0.478 e. The van der Waals surface area contributed by atoms with Gasteiger partial charge in [0.05, 0.1) is 5.02 Å². The van der Waals surface area contributed by atoms with Gasteiger partial charge in [0.15, 0.2) is 0 Å². The number of aliphatic carboxylic acids is 1. The maximum atomic E-state index is 10.5. The lowest BCUT2D eigenvalue weighted by atomic mass is 10.2. The maximum absolute atomic E-state index is 10.5. The molecule has 0 amide bonds. The number of carboxylic acids is 1. The Balaban J connectivity index is 2.23. The second kappa shape index (κ2) is 6.74. The van der Waals surface area contributed by atoms with Crippen LogP contribution in [0.5, 0.6) is 11.6 Å². The molecule has 0 aliphatic rings. The monoisotopic (exact) mass is 367 g/mol. The van der Waals surface area contributed by atoms with Crippen LogP contribution in [0.3, 0.4) is 0 Å². The van der Waals surface area contributed by atoms with E-state index in [-0.39, 0.29) is 0 Å². The number of hydrogen-bond donors (Lipinski definition) is 1. The predicted octanol–water partition coefficient (Wildman–Crippen LogP) is 4.70. The number of aromatic nitrogens is 1. The first-order valence-electron chi connectivity index (χ1n) is 5.96. The van der Waals surface area contributed by atoms with E-state index in [0.717, 1.165) is 16.1 Å². The quantitative estimate of drug-likeness (QED) is 0.795. The molecular weight excluding hydrogens is 358 g/mol. The van der Waals surface area contributed by atoms with E-state index in [0.29, 0.717) is 22.2 Å². The number of halogens is 2. The zero-order valence-corrected chi connectivity index (χ0v) is 13.4. The SMILES string of the molecule is Cc1cc(/C=C/C(=O)O)cnc1Oc1ccc(Br)cc1Cl. The van der Waals surface area contributed by atoms with Crippen molar-refractivity contribution in [3.05, 3.63) is 57.2 Å². The molecule has 4 nitrogen and oxygen atoms in total. The Morgan fingerprint density at radius 3 is 2.81 bits per heavy atom. The van der Waals surface area contributed by atoms with Crippen molar-refractivity contribution in [3.8, 4) is 11.6 Å². The lowest BCUT2D eigenvalue weighted by Crippen LogP contribution is -1.93. The Morgan fingerprint density at radius 1 is 1.43 bits per heavy atom. The summed E-state index contributed by atoms with van der Waals surface area (Å²) >= 11 is 9.41. The lowest BCUT2D eigenvalue weighted by Gasteiger charge is -2.09. The van der Waals surface area contributed by atoms with Crippen molar-refractivity contribution in [2.45, 2.75) is 6.92 Å². The fourth-order valence-electron chi connectivity index (χ4n) is 1.61. The second-order valence-electron chi connectivity index (χ2n) is 4.24. The number of pyridine rings is 1. The summed E-state index contributed by atoms with van der Waals surface area (Å²) in [7, 11) is 0. The Bertz CT molecular complexity index is 716. The molecule has 1 heterocycles. The van der Waals surface area contributed by atoms with E-state index in [4.69, 9.17) is 21.4 Å². The van der Waals surface area contributed by atoms with Crippen molar-refractivity contribution in [3.63, 3.8) is 0 Å². The lowest BCUT2D eigenvalue weighted by molar-refractivity contribution is -0.131. The summed E-state index contributed by atoms with van der Waals surface area (Å²) in [6.07, 6.45) is 4.07. The number of hydrogen-bond acceptors (Lipinski definition) is 3. The van der Waals surface area contributed by atoms with Crippen molar-refractivity contribution in [2.24, 2.45) is 0 Å². The first-order valence-corrected chi connectivity index (χ1v) is 7.13. The topological polar surface area (TPSA) is 59.4 Å². The van der Waals surface area contributed by atoms with Crippen molar-refractivity contribution < 1.29 is 14.6 Å². The van der Waals surface area contributed by atoms with Crippen LogP contribution in [0.4, 0.5) is 0 Å². The number of nitrogens with zero attached hydrogens (tertiary/aromatic N) is 1. The highest BCUT2D eigenvalue weighted by molar-refractivity contribution is 9.10. The zero-order valence-electron chi connectivity index (χ0n) is 11.0. The van der Waals surface area contributed by atoms with Crippen LogP contribution in [-0.2, 0) is 4.79 Å². The molecule has 21 heavy (non-hydrogen) atoms. The Labute approximate surface area is 135 Å².